The monoisotopic (exact) mass is 365 g/mol. The lowest BCUT2D eigenvalue weighted by atomic mass is 10.1. The van der Waals surface area contributed by atoms with Crippen LogP contribution in [0.3, 0.4) is 0 Å². The number of benzene rings is 2. The third-order valence-corrected chi connectivity index (χ3v) is 4.63. The number of hydrogen-bond donors (Lipinski definition) is 1. The highest BCUT2D eigenvalue weighted by Gasteiger charge is 2.06. The van der Waals surface area contributed by atoms with Crippen molar-refractivity contribution in [2.45, 2.75) is 11.9 Å². The molecule has 0 saturated heterocycles. The maximum absolute atomic E-state index is 12.0. The number of anilines is 1. The molecule has 1 aromatic heterocycles. The highest BCUT2D eigenvalue weighted by molar-refractivity contribution is 7.99. The van der Waals surface area contributed by atoms with Crippen LogP contribution in [0.4, 0.5) is 5.69 Å². The van der Waals surface area contributed by atoms with Gasteiger partial charge in [-0.15, -0.1) is 10.2 Å². The second kappa shape index (κ2) is 8.49. The van der Waals surface area contributed by atoms with Gasteiger partial charge in [-0.1, -0.05) is 29.5 Å². The van der Waals surface area contributed by atoms with Gasteiger partial charge in [0, 0.05) is 11.3 Å². The van der Waals surface area contributed by atoms with Crippen LogP contribution in [0.15, 0.2) is 65.7 Å². The minimum Gasteiger partial charge on any atom is -0.497 e. The van der Waals surface area contributed by atoms with E-state index in [1.165, 1.54) is 11.8 Å². The van der Waals surface area contributed by atoms with Crippen molar-refractivity contribution in [2.75, 3.05) is 18.2 Å². The number of methoxy groups -OCH3 is 1. The van der Waals surface area contributed by atoms with Crippen LogP contribution in [0.1, 0.15) is 5.56 Å². The van der Waals surface area contributed by atoms with Gasteiger partial charge < -0.3 is 10.1 Å². The fourth-order valence-corrected chi connectivity index (χ4v) is 2.90. The Bertz CT molecular complexity index is 863. The average Bonchev–Trinajstić information content (AvgIpc) is 2.69. The zero-order valence-corrected chi connectivity index (χ0v) is 15.4. The van der Waals surface area contributed by atoms with Gasteiger partial charge in [0.15, 0.2) is 0 Å². The molecular weight excluding hydrogens is 346 g/mol. The molecule has 0 unspecified atom stereocenters. The molecule has 2 aromatic carbocycles. The van der Waals surface area contributed by atoms with Crippen molar-refractivity contribution in [1.29, 1.82) is 0 Å². The molecule has 0 aliphatic rings. The van der Waals surface area contributed by atoms with Gasteiger partial charge >= 0.3 is 0 Å². The molecule has 3 rings (SSSR count). The van der Waals surface area contributed by atoms with Crippen LogP contribution in [0, 0.1) is 6.92 Å². The molecule has 26 heavy (non-hydrogen) atoms. The summed E-state index contributed by atoms with van der Waals surface area (Å²) in [5.74, 6) is 1.01. The third-order valence-electron chi connectivity index (χ3n) is 3.71. The molecule has 0 saturated carbocycles. The Labute approximate surface area is 156 Å². The average molecular weight is 365 g/mol. The number of hydrogen-bond acceptors (Lipinski definition) is 5. The summed E-state index contributed by atoms with van der Waals surface area (Å²) in [6.45, 7) is 2.01. The van der Waals surface area contributed by atoms with Crippen molar-refractivity contribution in [3.05, 3.63) is 66.2 Å². The third kappa shape index (κ3) is 4.83. The Kier molecular flexibility index (Phi) is 5.86. The molecule has 1 amide bonds. The normalized spacial score (nSPS) is 10.4. The molecule has 0 aliphatic heterocycles. The Balaban J connectivity index is 1.55. The predicted octanol–water partition coefficient (Wildman–Crippen LogP) is 4.19. The number of carbonyl (C=O) groups is 1. The van der Waals surface area contributed by atoms with Crippen LogP contribution < -0.4 is 10.1 Å². The van der Waals surface area contributed by atoms with E-state index in [9.17, 15) is 4.79 Å². The maximum Gasteiger partial charge on any atom is 0.234 e. The summed E-state index contributed by atoms with van der Waals surface area (Å²) in [6, 6.07) is 19.1. The second-order valence-corrected chi connectivity index (χ2v) is 6.68. The first kappa shape index (κ1) is 17.9. The van der Waals surface area contributed by atoms with Crippen molar-refractivity contribution in [1.82, 2.24) is 10.2 Å². The van der Waals surface area contributed by atoms with Crippen LogP contribution in [0.25, 0.3) is 11.3 Å². The molecule has 1 heterocycles. The molecule has 5 nitrogen and oxygen atoms in total. The summed E-state index contributed by atoms with van der Waals surface area (Å²) in [4.78, 5) is 12.0. The van der Waals surface area contributed by atoms with Crippen molar-refractivity contribution in [3.63, 3.8) is 0 Å². The predicted molar refractivity (Wildman–Crippen MR) is 105 cm³/mol. The van der Waals surface area contributed by atoms with Crippen molar-refractivity contribution in [3.8, 4) is 17.0 Å². The zero-order chi connectivity index (χ0) is 18.4. The van der Waals surface area contributed by atoms with E-state index in [0.717, 1.165) is 28.3 Å². The summed E-state index contributed by atoms with van der Waals surface area (Å²) in [7, 11) is 1.63. The van der Waals surface area contributed by atoms with Crippen LogP contribution in [0.2, 0.25) is 0 Å². The number of amides is 1. The first-order valence-electron chi connectivity index (χ1n) is 8.11. The quantitative estimate of drug-likeness (QED) is 0.664. The first-order valence-corrected chi connectivity index (χ1v) is 9.10. The molecule has 6 heteroatoms. The molecule has 0 spiro atoms. The van der Waals surface area contributed by atoms with Crippen LogP contribution in [-0.2, 0) is 4.79 Å². The number of nitrogens with one attached hydrogen (secondary N) is 1. The molecule has 132 valence electrons. The van der Waals surface area contributed by atoms with E-state index < -0.39 is 0 Å². The van der Waals surface area contributed by atoms with Gasteiger partial charge in [0.1, 0.15) is 10.8 Å². The van der Waals surface area contributed by atoms with Crippen molar-refractivity contribution in [2.24, 2.45) is 0 Å². The number of nitrogens with zero attached hydrogens (tertiary/aromatic N) is 2. The van der Waals surface area contributed by atoms with E-state index >= 15 is 0 Å². The Morgan fingerprint density at radius 2 is 1.73 bits per heavy atom. The van der Waals surface area contributed by atoms with E-state index in [0.29, 0.717) is 5.03 Å². The summed E-state index contributed by atoms with van der Waals surface area (Å²) in [6.07, 6.45) is 0. The highest BCUT2D eigenvalue weighted by atomic mass is 32.2. The highest BCUT2D eigenvalue weighted by Crippen LogP contribution is 2.22. The first-order chi connectivity index (χ1) is 12.6. The topological polar surface area (TPSA) is 64.1 Å². The van der Waals surface area contributed by atoms with Crippen LogP contribution >= 0.6 is 11.8 Å². The largest absolute Gasteiger partial charge is 0.497 e. The van der Waals surface area contributed by atoms with Gasteiger partial charge in [-0.2, -0.15) is 0 Å². The van der Waals surface area contributed by atoms with Gasteiger partial charge in [-0.3, -0.25) is 4.79 Å². The fraction of sp³-hybridized carbons (Fsp3) is 0.150. The minimum absolute atomic E-state index is 0.0696. The van der Waals surface area contributed by atoms with Crippen molar-refractivity contribution < 1.29 is 9.53 Å². The number of ether oxygens (including phenoxy) is 1. The number of aryl methyl sites for hydroxylation is 1. The summed E-state index contributed by atoms with van der Waals surface area (Å²) < 4.78 is 5.15. The van der Waals surface area contributed by atoms with E-state index in [2.05, 4.69) is 15.5 Å². The molecular formula is C20H19N3O2S. The molecule has 1 N–H and O–H groups in total. The Morgan fingerprint density at radius 3 is 2.35 bits per heavy atom. The number of rotatable bonds is 6. The SMILES string of the molecule is COc1ccc(-c2ccc(SCC(=O)Nc3ccc(C)cc3)nn2)cc1. The molecule has 0 radical (unpaired) electrons. The Morgan fingerprint density at radius 1 is 1.00 bits per heavy atom. The summed E-state index contributed by atoms with van der Waals surface area (Å²) in [5, 5.41) is 12.0. The molecule has 3 aromatic rings. The molecule has 0 aliphatic carbocycles. The van der Waals surface area contributed by atoms with E-state index in [4.69, 9.17) is 4.74 Å². The Hall–Kier alpha value is -2.86. The van der Waals surface area contributed by atoms with E-state index in [-0.39, 0.29) is 11.7 Å². The van der Waals surface area contributed by atoms with Crippen LogP contribution in [0.5, 0.6) is 5.75 Å². The second-order valence-electron chi connectivity index (χ2n) is 5.69. The standard InChI is InChI=1S/C20H19N3O2S/c1-14-3-7-16(8-4-14)21-19(24)13-26-20-12-11-18(22-23-20)15-5-9-17(25-2)10-6-15/h3-12H,13H2,1-2H3,(H,21,24). The van der Waals surface area contributed by atoms with Gasteiger partial charge in [-0.05, 0) is 55.5 Å². The smallest absolute Gasteiger partial charge is 0.234 e. The van der Waals surface area contributed by atoms with Crippen LogP contribution in [-0.4, -0.2) is 29.0 Å². The lowest BCUT2D eigenvalue weighted by molar-refractivity contribution is -0.113. The molecule has 0 bridgehead atoms. The zero-order valence-electron chi connectivity index (χ0n) is 14.6. The fourth-order valence-electron chi connectivity index (χ4n) is 2.29. The molecule has 0 fully saturated rings. The van der Waals surface area contributed by atoms with Gasteiger partial charge in [0.05, 0.1) is 18.6 Å². The van der Waals surface area contributed by atoms with Gasteiger partial charge in [-0.25, -0.2) is 0 Å². The minimum atomic E-state index is -0.0696. The van der Waals surface area contributed by atoms with E-state index in [1.807, 2.05) is 67.6 Å². The van der Waals surface area contributed by atoms with E-state index in [1.54, 1.807) is 7.11 Å². The number of aromatic nitrogens is 2. The van der Waals surface area contributed by atoms with Gasteiger partial charge in [0.25, 0.3) is 0 Å². The number of carbonyl (C=O) groups excluding carboxylic acids is 1. The van der Waals surface area contributed by atoms with Crippen molar-refractivity contribution >= 4 is 23.4 Å². The van der Waals surface area contributed by atoms with Gasteiger partial charge in [0.2, 0.25) is 5.91 Å². The number of thioether (sulfide) groups is 1. The molecule has 0 atom stereocenters. The maximum atomic E-state index is 12.0. The summed E-state index contributed by atoms with van der Waals surface area (Å²) >= 11 is 1.36. The lowest BCUT2D eigenvalue weighted by Crippen LogP contribution is -2.14. The summed E-state index contributed by atoms with van der Waals surface area (Å²) in [5.41, 5.74) is 3.69. The lowest BCUT2D eigenvalue weighted by Gasteiger charge is -2.06.